The molecule has 8 aromatic rings. The van der Waals surface area contributed by atoms with Crippen LogP contribution >= 0.6 is 0 Å². The molecule has 1 aromatic heterocycles. The third-order valence-electron chi connectivity index (χ3n) is 13.3. The molecule has 0 saturated carbocycles. The molecule has 10 rings (SSSR count). The van der Waals surface area contributed by atoms with Gasteiger partial charge in [0.2, 0.25) is 0 Å². The molecule has 0 spiro atoms. The van der Waals surface area contributed by atoms with Crippen LogP contribution in [-0.4, -0.2) is 0 Å². The van der Waals surface area contributed by atoms with E-state index < -0.39 is 0 Å². The Morgan fingerprint density at radius 2 is 1.02 bits per heavy atom. The summed E-state index contributed by atoms with van der Waals surface area (Å²) >= 11 is 0. The number of furan rings is 1. The van der Waals surface area contributed by atoms with E-state index in [4.69, 9.17) is 4.42 Å². The third kappa shape index (κ3) is 5.37. The lowest BCUT2D eigenvalue weighted by atomic mass is 9.79. The van der Waals surface area contributed by atoms with Crippen molar-refractivity contribution in [2.24, 2.45) is 0 Å². The average Bonchev–Trinajstić information content (AvgIpc) is 3.76. The minimum Gasteiger partial charge on any atom is -0.456 e. The zero-order valence-electron chi connectivity index (χ0n) is 35.6. The summed E-state index contributed by atoms with van der Waals surface area (Å²) in [4.78, 5) is 2.48. The van der Waals surface area contributed by atoms with E-state index in [0.717, 1.165) is 33.6 Å². The second kappa shape index (κ2) is 12.3. The van der Waals surface area contributed by atoms with E-state index in [0.29, 0.717) is 0 Å². The summed E-state index contributed by atoms with van der Waals surface area (Å²) < 4.78 is 6.80. The maximum Gasteiger partial charge on any atom is 0.139 e. The largest absolute Gasteiger partial charge is 0.456 e. The summed E-state index contributed by atoms with van der Waals surface area (Å²) in [5.74, 6) is 0. The molecular formula is C56H53NO. The summed E-state index contributed by atoms with van der Waals surface area (Å²) in [5.41, 5.74) is 20.8. The van der Waals surface area contributed by atoms with Gasteiger partial charge in [0, 0.05) is 44.2 Å². The van der Waals surface area contributed by atoms with Crippen molar-refractivity contribution in [3.05, 3.63) is 173 Å². The Morgan fingerprint density at radius 3 is 1.72 bits per heavy atom. The van der Waals surface area contributed by atoms with E-state index in [9.17, 15) is 0 Å². The maximum atomic E-state index is 6.80. The van der Waals surface area contributed by atoms with Gasteiger partial charge in [-0.3, -0.25) is 0 Å². The number of hydrogen-bond donors (Lipinski definition) is 0. The Hall–Kier alpha value is -5.86. The molecule has 0 N–H and O–H groups in total. The molecular weight excluding hydrogens is 703 g/mol. The summed E-state index contributed by atoms with van der Waals surface area (Å²) in [6.07, 6.45) is 0. The number of hydrogen-bond acceptors (Lipinski definition) is 2. The van der Waals surface area contributed by atoms with E-state index in [1.165, 1.54) is 72.1 Å². The molecule has 0 unspecified atom stereocenters. The highest BCUT2D eigenvalue weighted by molar-refractivity contribution is 6.08. The smallest absolute Gasteiger partial charge is 0.139 e. The van der Waals surface area contributed by atoms with Gasteiger partial charge in [-0.05, 0) is 121 Å². The predicted octanol–water partition coefficient (Wildman–Crippen LogP) is 15.9. The standard InChI is InChI=1S/C56H53NO/c1-53(2,3)35-29-44-43-31-36(25-28-50(43)58-52(44)49(30-35)54(4,5)6)57(37-23-26-41-40-19-14-15-21-45(40)55(7,8)47(41)32-37)38-24-27-42-48(33-38)56(9,10)46-22-16-20-39(51(42)46)34-17-12-11-13-18-34/h11-33H,1-10H3. The Morgan fingerprint density at radius 1 is 0.448 bits per heavy atom. The van der Waals surface area contributed by atoms with Crippen LogP contribution in [0.3, 0.4) is 0 Å². The maximum absolute atomic E-state index is 6.80. The van der Waals surface area contributed by atoms with Crippen molar-refractivity contribution in [3.63, 3.8) is 0 Å². The number of anilines is 3. The molecule has 288 valence electrons. The summed E-state index contributed by atoms with van der Waals surface area (Å²) in [7, 11) is 0. The average molecular weight is 756 g/mol. The molecule has 7 aromatic carbocycles. The van der Waals surface area contributed by atoms with Gasteiger partial charge in [-0.1, -0.05) is 160 Å². The van der Waals surface area contributed by atoms with Gasteiger partial charge in [-0.25, -0.2) is 0 Å². The lowest BCUT2D eigenvalue weighted by Crippen LogP contribution is -2.18. The van der Waals surface area contributed by atoms with Crippen LogP contribution in [0.4, 0.5) is 17.1 Å². The summed E-state index contributed by atoms with van der Waals surface area (Å²) in [6.45, 7) is 23.3. The quantitative estimate of drug-likeness (QED) is 0.178. The fourth-order valence-electron chi connectivity index (χ4n) is 10.0. The van der Waals surface area contributed by atoms with Gasteiger partial charge >= 0.3 is 0 Å². The molecule has 0 fully saturated rings. The third-order valence-corrected chi connectivity index (χ3v) is 13.3. The monoisotopic (exact) mass is 755 g/mol. The van der Waals surface area contributed by atoms with Gasteiger partial charge in [0.15, 0.2) is 0 Å². The zero-order chi connectivity index (χ0) is 40.5. The highest BCUT2D eigenvalue weighted by Crippen LogP contribution is 2.55. The molecule has 2 heteroatoms. The van der Waals surface area contributed by atoms with E-state index in [1.54, 1.807) is 0 Å². The normalized spacial score (nSPS) is 15.0. The van der Waals surface area contributed by atoms with Crippen LogP contribution in [0.5, 0.6) is 0 Å². The summed E-state index contributed by atoms with van der Waals surface area (Å²) in [5, 5.41) is 2.32. The van der Waals surface area contributed by atoms with Crippen LogP contribution in [0.25, 0.3) is 55.3 Å². The fraction of sp³-hybridized carbons (Fsp3) is 0.250. The van der Waals surface area contributed by atoms with Crippen molar-refractivity contribution in [1.82, 2.24) is 0 Å². The van der Waals surface area contributed by atoms with Crippen molar-refractivity contribution in [3.8, 4) is 33.4 Å². The number of fused-ring (bicyclic) bond motifs is 9. The second-order valence-electron chi connectivity index (χ2n) is 19.9. The van der Waals surface area contributed by atoms with Crippen molar-refractivity contribution < 1.29 is 4.42 Å². The number of benzene rings is 7. The van der Waals surface area contributed by atoms with Crippen LogP contribution in [0.15, 0.2) is 144 Å². The minimum absolute atomic E-state index is 0.00853. The Balaban J connectivity index is 1.21. The molecule has 2 aliphatic rings. The fourth-order valence-corrected chi connectivity index (χ4v) is 10.0. The highest BCUT2D eigenvalue weighted by Gasteiger charge is 2.39. The van der Waals surface area contributed by atoms with E-state index in [1.807, 2.05) is 0 Å². The Kier molecular flexibility index (Phi) is 7.75. The van der Waals surface area contributed by atoms with E-state index in [2.05, 4.69) is 214 Å². The SMILES string of the molecule is CC(C)(C)c1cc(C(C)(C)C)c2oc3ccc(N(c4ccc5c(c4)C(C)(C)c4ccccc4-5)c4ccc5c(c4)C(C)(C)c4cccc(-c6ccccc6)c4-5)cc3c2c1. The van der Waals surface area contributed by atoms with Gasteiger partial charge in [0.1, 0.15) is 11.2 Å². The molecule has 0 radical (unpaired) electrons. The first-order chi connectivity index (χ1) is 27.5. The van der Waals surface area contributed by atoms with Crippen LogP contribution < -0.4 is 4.90 Å². The topological polar surface area (TPSA) is 16.4 Å². The molecule has 58 heavy (non-hydrogen) atoms. The molecule has 1 heterocycles. The van der Waals surface area contributed by atoms with Gasteiger partial charge in [-0.15, -0.1) is 0 Å². The van der Waals surface area contributed by atoms with Gasteiger partial charge in [0.25, 0.3) is 0 Å². The first-order valence-electron chi connectivity index (χ1n) is 20.9. The number of nitrogens with zero attached hydrogens (tertiary/aromatic N) is 1. The van der Waals surface area contributed by atoms with Gasteiger partial charge < -0.3 is 9.32 Å². The van der Waals surface area contributed by atoms with Crippen molar-refractivity contribution in [2.75, 3.05) is 4.90 Å². The lowest BCUT2D eigenvalue weighted by molar-refractivity contribution is 0.559. The van der Waals surface area contributed by atoms with E-state index >= 15 is 0 Å². The Bertz CT molecular complexity index is 2960. The van der Waals surface area contributed by atoms with Crippen molar-refractivity contribution >= 4 is 39.0 Å². The molecule has 2 nitrogen and oxygen atoms in total. The zero-order valence-corrected chi connectivity index (χ0v) is 35.6. The van der Waals surface area contributed by atoms with Gasteiger partial charge in [0.05, 0.1) is 0 Å². The molecule has 2 aliphatic carbocycles. The molecule has 0 aliphatic heterocycles. The van der Waals surface area contributed by atoms with Crippen molar-refractivity contribution in [1.29, 1.82) is 0 Å². The Labute approximate surface area is 344 Å². The van der Waals surface area contributed by atoms with Crippen LogP contribution in [0.1, 0.15) is 103 Å². The van der Waals surface area contributed by atoms with Crippen LogP contribution in [-0.2, 0) is 21.7 Å². The lowest BCUT2D eigenvalue weighted by Gasteiger charge is -2.29. The summed E-state index contributed by atoms with van der Waals surface area (Å²) in [6, 6.07) is 52.4. The molecule has 0 atom stereocenters. The van der Waals surface area contributed by atoms with Crippen LogP contribution in [0.2, 0.25) is 0 Å². The van der Waals surface area contributed by atoms with Gasteiger partial charge in [-0.2, -0.15) is 0 Å². The van der Waals surface area contributed by atoms with Crippen LogP contribution in [0, 0.1) is 0 Å². The van der Waals surface area contributed by atoms with E-state index in [-0.39, 0.29) is 21.7 Å². The molecule has 0 bridgehead atoms. The molecule has 0 amide bonds. The molecule has 0 saturated heterocycles. The number of rotatable bonds is 4. The first kappa shape index (κ1) is 36.5. The minimum atomic E-state index is -0.184. The van der Waals surface area contributed by atoms with Crippen molar-refractivity contribution in [2.45, 2.75) is 90.9 Å². The second-order valence-corrected chi connectivity index (χ2v) is 19.9. The first-order valence-corrected chi connectivity index (χ1v) is 20.9. The highest BCUT2D eigenvalue weighted by atomic mass is 16.3. The predicted molar refractivity (Wildman–Crippen MR) is 246 cm³/mol.